The first-order chi connectivity index (χ1) is 12.2. The third kappa shape index (κ3) is 5.09. The van der Waals surface area contributed by atoms with Crippen molar-refractivity contribution in [2.24, 2.45) is 0 Å². The largest absolute Gasteiger partial charge is 0.477 e. The highest BCUT2D eigenvalue weighted by atomic mass is 35.5. The zero-order valence-corrected chi connectivity index (χ0v) is 15.8. The van der Waals surface area contributed by atoms with Gasteiger partial charge in [0.25, 0.3) is 5.91 Å². The molecule has 2 rings (SSSR count). The summed E-state index contributed by atoms with van der Waals surface area (Å²) < 4.78 is 5.27. The molecule has 2 aromatic carbocycles. The van der Waals surface area contributed by atoms with E-state index in [1.165, 1.54) is 18.2 Å². The second-order valence-corrected chi connectivity index (χ2v) is 7.12. The highest BCUT2D eigenvalue weighted by Crippen LogP contribution is 2.29. The van der Waals surface area contributed by atoms with Crippen LogP contribution >= 0.6 is 23.2 Å². The van der Waals surface area contributed by atoms with Crippen LogP contribution in [0.3, 0.4) is 0 Å². The van der Waals surface area contributed by atoms with Crippen molar-refractivity contribution in [1.82, 2.24) is 5.32 Å². The van der Waals surface area contributed by atoms with Gasteiger partial charge in [0.2, 0.25) is 0 Å². The molecule has 0 spiro atoms. The summed E-state index contributed by atoms with van der Waals surface area (Å²) in [5.74, 6) is -0.326. The maximum Gasteiger partial charge on any atom is 0.310 e. The Labute approximate surface area is 161 Å². The number of carbonyl (C=O) groups excluding carboxylic acids is 1. The number of nitro benzene ring substituents is 1. The molecule has 0 aliphatic carbocycles. The third-order valence-corrected chi connectivity index (χ3v) is 4.59. The molecule has 2 aromatic rings. The quantitative estimate of drug-likeness (QED) is 0.556. The molecule has 0 aromatic heterocycles. The lowest BCUT2D eigenvalue weighted by Crippen LogP contribution is -2.39. The molecular formula is C18H18Cl2N2O4. The van der Waals surface area contributed by atoms with Gasteiger partial charge in [-0.05, 0) is 23.8 Å². The lowest BCUT2D eigenvalue weighted by Gasteiger charge is -2.26. The van der Waals surface area contributed by atoms with Gasteiger partial charge >= 0.3 is 5.69 Å². The van der Waals surface area contributed by atoms with Crippen LogP contribution < -0.4 is 10.1 Å². The molecule has 0 saturated heterocycles. The number of hydrogen-bond donors (Lipinski definition) is 1. The highest BCUT2D eigenvalue weighted by Gasteiger charge is 2.23. The van der Waals surface area contributed by atoms with Crippen molar-refractivity contribution in [2.75, 3.05) is 13.2 Å². The van der Waals surface area contributed by atoms with Crippen LogP contribution in [0.25, 0.3) is 0 Å². The van der Waals surface area contributed by atoms with Crippen molar-refractivity contribution in [2.45, 2.75) is 19.3 Å². The summed E-state index contributed by atoms with van der Waals surface area (Å²) >= 11 is 12.0. The SMILES string of the molecule is CC(C)(CNC(=O)COc1ccccc1[N+](=O)[O-])c1ccc(Cl)c(Cl)c1. The molecule has 0 aliphatic rings. The van der Waals surface area contributed by atoms with Crippen molar-refractivity contribution in [1.29, 1.82) is 0 Å². The number of rotatable bonds is 7. The minimum Gasteiger partial charge on any atom is -0.477 e. The molecule has 0 bridgehead atoms. The molecule has 0 heterocycles. The van der Waals surface area contributed by atoms with Gasteiger partial charge in [0, 0.05) is 18.0 Å². The van der Waals surface area contributed by atoms with E-state index in [4.69, 9.17) is 27.9 Å². The maximum atomic E-state index is 12.0. The highest BCUT2D eigenvalue weighted by molar-refractivity contribution is 6.42. The standard InChI is InChI=1S/C18H18Cl2N2O4/c1-18(2,12-7-8-13(19)14(20)9-12)11-21-17(23)10-26-16-6-4-3-5-15(16)22(24)25/h3-9H,10-11H2,1-2H3,(H,21,23). The van der Waals surface area contributed by atoms with E-state index in [0.29, 0.717) is 16.6 Å². The van der Waals surface area contributed by atoms with Gasteiger partial charge in [0.05, 0.1) is 15.0 Å². The number of carbonyl (C=O) groups is 1. The Balaban J connectivity index is 1.94. The second-order valence-electron chi connectivity index (χ2n) is 6.30. The van der Waals surface area contributed by atoms with E-state index in [1.54, 1.807) is 18.2 Å². The number of nitro groups is 1. The van der Waals surface area contributed by atoms with Gasteiger partial charge in [-0.2, -0.15) is 0 Å². The number of nitrogens with zero attached hydrogens (tertiary/aromatic N) is 1. The molecule has 0 atom stereocenters. The summed E-state index contributed by atoms with van der Waals surface area (Å²) in [7, 11) is 0. The zero-order valence-electron chi connectivity index (χ0n) is 14.3. The van der Waals surface area contributed by atoms with Crippen LogP contribution in [-0.4, -0.2) is 24.0 Å². The number of para-hydroxylation sites is 2. The molecule has 0 aliphatic heterocycles. The normalized spacial score (nSPS) is 11.1. The number of ether oxygens (including phenoxy) is 1. The average Bonchev–Trinajstić information content (AvgIpc) is 2.60. The van der Waals surface area contributed by atoms with Gasteiger partial charge in [0.1, 0.15) is 0 Å². The topological polar surface area (TPSA) is 81.5 Å². The Morgan fingerprint density at radius 1 is 1.19 bits per heavy atom. The molecule has 0 unspecified atom stereocenters. The van der Waals surface area contributed by atoms with Gasteiger partial charge in [-0.25, -0.2) is 0 Å². The van der Waals surface area contributed by atoms with E-state index in [0.717, 1.165) is 5.56 Å². The number of amides is 1. The zero-order chi connectivity index (χ0) is 19.3. The lowest BCUT2D eigenvalue weighted by atomic mass is 9.84. The Morgan fingerprint density at radius 2 is 1.88 bits per heavy atom. The number of benzene rings is 2. The van der Waals surface area contributed by atoms with Gasteiger partial charge in [-0.1, -0.05) is 55.2 Å². The van der Waals surface area contributed by atoms with Crippen LogP contribution in [0, 0.1) is 10.1 Å². The predicted octanol–water partition coefficient (Wildman–Crippen LogP) is 4.37. The summed E-state index contributed by atoms with van der Waals surface area (Å²) in [5, 5.41) is 14.6. The molecule has 138 valence electrons. The number of halogens is 2. The van der Waals surface area contributed by atoms with Crippen LogP contribution in [0.1, 0.15) is 19.4 Å². The van der Waals surface area contributed by atoms with Crippen molar-refractivity contribution in [3.8, 4) is 5.75 Å². The fraction of sp³-hybridized carbons (Fsp3) is 0.278. The third-order valence-electron chi connectivity index (χ3n) is 3.85. The van der Waals surface area contributed by atoms with Crippen LogP contribution in [0.5, 0.6) is 5.75 Å². The Morgan fingerprint density at radius 3 is 2.54 bits per heavy atom. The predicted molar refractivity (Wildman–Crippen MR) is 101 cm³/mol. The minimum absolute atomic E-state index is 0.0522. The van der Waals surface area contributed by atoms with Crippen LogP contribution in [-0.2, 0) is 10.2 Å². The van der Waals surface area contributed by atoms with Crippen molar-refractivity contribution in [3.05, 3.63) is 68.2 Å². The molecule has 0 saturated carbocycles. The average molecular weight is 397 g/mol. The molecule has 8 heteroatoms. The first-order valence-electron chi connectivity index (χ1n) is 7.79. The Bertz CT molecular complexity index is 825. The molecule has 1 N–H and O–H groups in total. The van der Waals surface area contributed by atoms with Gasteiger partial charge in [-0.15, -0.1) is 0 Å². The maximum absolute atomic E-state index is 12.0. The number of nitrogens with one attached hydrogen (secondary N) is 1. The fourth-order valence-electron chi connectivity index (χ4n) is 2.26. The monoisotopic (exact) mass is 396 g/mol. The Kier molecular flexibility index (Phi) is 6.45. The summed E-state index contributed by atoms with van der Waals surface area (Å²) in [6.45, 7) is 3.93. The van der Waals surface area contributed by atoms with Crippen LogP contribution in [0.2, 0.25) is 10.0 Å². The smallest absolute Gasteiger partial charge is 0.310 e. The Hall–Kier alpha value is -2.31. The van der Waals surface area contributed by atoms with Crippen molar-refractivity contribution < 1.29 is 14.5 Å². The van der Waals surface area contributed by atoms with E-state index in [-0.39, 0.29) is 29.4 Å². The molecular weight excluding hydrogens is 379 g/mol. The summed E-state index contributed by atoms with van der Waals surface area (Å²) in [6, 6.07) is 11.2. The first kappa shape index (κ1) is 20.0. The van der Waals surface area contributed by atoms with Crippen LogP contribution in [0.15, 0.2) is 42.5 Å². The van der Waals surface area contributed by atoms with Gasteiger partial charge in [-0.3, -0.25) is 14.9 Å². The van der Waals surface area contributed by atoms with Gasteiger partial charge < -0.3 is 10.1 Å². The molecule has 1 amide bonds. The van der Waals surface area contributed by atoms with E-state index in [1.807, 2.05) is 19.9 Å². The van der Waals surface area contributed by atoms with E-state index in [9.17, 15) is 14.9 Å². The number of hydrogen-bond acceptors (Lipinski definition) is 4. The van der Waals surface area contributed by atoms with Crippen molar-refractivity contribution >= 4 is 34.8 Å². The van der Waals surface area contributed by atoms with E-state index in [2.05, 4.69) is 5.32 Å². The first-order valence-corrected chi connectivity index (χ1v) is 8.55. The summed E-state index contributed by atoms with van der Waals surface area (Å²) in [6.07, 6.45) is 0. The van der Waals surface area contributed by atoms with E-state index >= 15 is 0 Å². The van der Waals surface area contributed by atoms with Gasteiger partial charge in [0.15, 0.2) is 12.4 Å². The minimum atomic E-state index is -0.555. The molecule has 0 radical (unpaired) electrons. The van der Waals surface area contributed by atoms with Crippen LogP contribution in [0.4, 0.5) is 5.69 Å². The molecule has 26 heavy (non-hydrogen) atoms. The summed E-state index contributed by atoms with van der Waals surface area (Å²) in [5.41, 5.74) is 0.353. The van der Waals surface area contributed by atoms with E-state index < -0.39 is 4.92 Å². The lowest BCUT2D eigenvalue weighted by molar-refractivity contribution is -0.385. The fourth-order valence-corrected chi connectivity index (χ4v) is 2.56. The van der Waals surface area contributed by atoms with Crippen molar-refractivity contribution in [3.63, 3.8) is 0 Å². The molecule has 6 nitrogen and oxygen atoms in total. The summed E-state index contributed by atoms with van der Waals surface area (Å²) in [4.78, 5) is 22.4. The molecule has 0 fully saturated rings. The second kappa shape index (κ2) is 8.38.